The number of pyridine rings is 1. The van der Waals surface area contributed by atoms with E-state index in [9.17, 15) is 4.79 Å². The fourth-order valence-electron chi connectivity index (χ4n) is 4.54. The molecular weight excluding hydrogens is 376 g/mol. The minimum absolute atomic E-state index is 0.162. The number of aromatic nitrogens is 1. The Morgan fingerprint density at radius 1 is 1.33 bits per heavy atom. The van der Waals surface area contributed by atoms with Crippen LogP contribution in [-0.2, 0) is 13.0 Å². The monoisotopic (exact) mass is 406 g/mol. The standard InChI is InChI=1S/C23H30N6O/c1-15-6-7-20(24)29(15)21(25)16-5-4-9-23(2,12-16)27-22(30)19-11-18-14-28(3)10-8-17(18)13-26-19/h4-5,9,11,13,15,24-25H,6-8,10,12,14H2,1-3H3,(H,27,30)/t15-,23?/m1/s1. The number of amides is 1. The molecule has 1 fully saturated rings. The summed E-state index contributed by atoms with van der Waals surface area (Å²) in [5.74, 6) is 0.662. The van der Waals surface area contributed by atoms with Crippen LogP contribution in [0.1, 0.15) is 54.7 Å². The van der Waals surface area contributed by atoms with Crippen molar-refractivity contribution in [3.8, 4) is 0 Å². The molecule has 0 aromatic carbocycles. The van der Waals surface area contributed by atoms with Crippen molar-refractivity contribution in [1.82, 2.24) is 20.1 Å². The largest absolute Gasteiger partial charge is 0.342 e. The first-order chi connectivity index (χ1) is 14.3. The van der Waals surface area contributed by atoms with Crippen LogP contribution in [0.4, 0.5) is 0 Å². The maximum absolute atomic E-state index is 13.0. The number of likely N-dealkylation sites (tertiary alicyclic amines) is 1. The van der Waals surface area contributed by atoms with Gasteiger partial charge in [-0.25, -0.2) is 0 Å². The molecule has 1 aromatic rings. The number of hydrogen-bond donors (Lipinski definition) is 3. The van der Waals surface area contributed by atoms with Gasteiger partial charge in [-0.2, -0.15) is 0 Å². The lowest BCUT2D eigenvalue weighted by molar-refractivity contribution is 0.0916. The van der Waals surface area contributed by atoms with Crippen molar-refractivity contribution in [3.05, 3.63) is 52.9 Å². The Balaban J connectivity index is 1.47. The Bertz CT molecular complexity index is 964. The summed E-state index contributed by atoms with van der Waals surface area (Å²) in [5, 5.41) is 19.9. The summed E-state index contributed by atoms with van der Waals surface area (Å²) < 4.78 is 0. The van der Waals surface area contributed by atoms with Crippen LogP contribution in [0.2, 0.25) is 0 Å². The number of rotatable bonds is 3. The van der Waals surface area contributed by atoms with Crippen molar-refractivity contribution in [3.63, 3.8) is 0 Å². The number of carbonyl (C=O) groups excluding carboxylic acids is 1. The lowest BCUT2D eigenvalue weighted by atomic mass is 9.87. The molecule has 0 bridgehead atoms. The third kappa shape index (κ3) is 3.94. The Morgan fingerprint density at radius 3 is 2.87 bits per heavy atom. The second-order valence-corrected chi connectivity index (χ2v) is 8.98. The molecule has 158 valence electrons. The average Bonchev–Trinajstić information content (AvgIpc) is 3.04. The molecule has 1 aliphatic carbocycles. The number of nitrogens with one attached hydrogen (secondary N) is 3. The highest BCUT2D eigenvalue weighted by Crippen LogP contribution is 2.28. The number of carbonyl (C=O) groups is 1. The summed E-state index contributed by atoms with van der Waals surface area (Å²) in [6, 6.07) is 2.07. The molecule has 3 aliphatic rings. The molecule has 2 atom stereocenters. The summed E-state index contributed by atoms with van der Waals surface area (Å²) in [4.78, 5) is 21.4. The molecule has 0 spiro atoms. The Labute approximate surface area is 177 Å². The molecular formula is C23H30N6O. The molecule has 3 heterocycles. The van der Waals surface area contributed by atoms with E-state index >= 15 is 0 Å². The molecule has 1 unspecified atom stereocenters. The summed E-state index contributed by atoms with van der Waals surface area (Å²) in [5.41, 5.74) is 3.04. The second-order valence-electron chi connectivity index (χ2n) is 8.98. The van der Waals surface area contributed by atoms with E-state index in [-0.39, 0.29) is 11.9 Å². The van der Waals surface area contributed by atoms with Gasteiger partial charge in [-0.1, -0.05) is 18.2 Å². The van der Waals surface area contributed by atoms with E-state index in [1.807, 2.05) is 37.4 Å². The van der Waals surface area contributed by atoms with Crippen LogP contribution < -0.4 is 5.32 Å². The van der Waals surface area contributed by atoms with Crippen molar-refractivity contribution in [2.75, 3.05) is 13.6 Å². The smallest absolute Gasteiger partial charge is 0.270 e. The zero-order valence-electron chi connectivity index (χ0n) is 18.0. The SMILES string of the molecule is C[C@@H]1CCC(=N)N1C(=N)C1=CC=CC(C)(NC(=O)c2cc3c(cn2)CCN(C)C3)C1. The van der Waals surface area contributed by atoms with E-state index in [1.54, 1.807) is 4.90 Å². The van der Waals surface area contributed by atoms with Crippen LogP contribution in [0.5, 0.6) is 0 Å². The highest BCUT2D eigenvalue weighted by molar-refractivity contribution is 6.08. The minimum Gasteiger partial charge on any atom is -0.342 e. The zero-order chi connectivity index (χ0) is 21.5. The molecule has 4 rings (SSSR count). The maximum Gasteiger partial charge on any atom is 0.270 e. The van der Waals surface area contributed by atoms with E-state index in [4.69, 9.17) is 10.8 Å². The number of allylic oxidation sites excluding steroid dienone is 2. The fourth-order valence-corrected chi connectivity index (χ4v) is 4.54. The molecule has 1 saturated heterocycles. The van der Waals surface area contributed by atoms with Crippen LogP contribution in [0.3, 0.4) is 0 Å². The fraction of sp³-hybridized carbons (Fsp3) is 0.478. The van der Waals surface area contributed by atoms with Crippen molar-refractivity contribution in [2.24, 2.45) is 0 Å². The normalized spacial score (nSPS) is 26.4. The molecule has 1 aromatic heterocycles. The van der Waals surface area contributed by atoms with Gasteiger partial charge in [-0.05, 0) is 56.5 Å². The predicted octanol–water partition coefficient (Wildman–Crippen LogP) is 2.88. The number of likely N-dealkylation sites (N-methyl/N-ethyl adjacent to an activating group) is 1. The first kappa shape index (κ1) is 20.5. The Morgan fingerprint density at radius 2 is 2.13 bits per heavy atom. The third-order valence-corrected chi connectivity index (χ3v) is 6.31. The predicted molar refractivity (Wildman–Crippen MR) is 118 cm³/mol. The van der Waals surface area contributed by atoms with E-state index in [0.29, 0.717) is 30.2 Å². The molecule has 30 heavy (non-hydrogen) atoms. The third-order valence-electron chi connectivity index (χ3n) is 6.31. The minimum atomic E-state index is -0.604. The number of hydrogen-bond acceptors (Lipinski definition) is 5. The second kappa shape index (κ2) is 7.80. The van der Waals surface area contributed by atoms with Gasteiger partial charge in [0.05, 0.1) is 5.54 Å². The van der Waals surface area contributed by atoms with Crippen LogP contribution in [0.15, 0.2) is 36.1 Å². The molecule has 3 N–H and O–H groups in total. The highest BCUT2D eigenvalue weighted by Gasteiger charge is 2.34. The van der Waals surface area contributed by atoms with E-state index in [2.05, 4.69) is 29.2 Å². The van der Waals surface area contributed by atoms with E-state index < -0.39 is 5.54 Å². The van der Waals surface area contributed by atoms with Gasteiger partial charge in [0, 0.05) is 38.2 Å². The molecule has 1 amide bonds. The molecule has 7 nitrogen and oxygen atoms in total. The quantitative estimate of drug-likeness (QED) is 0.531. The van der Waals surface area contributed by atoms with Gasteiger partial charge in [0.25, 0.3) is 5.91 Å². The van der Waals surface area contributed by atoms with E-state index in [0.717, 1.165) is 37.1 Å². The molecule has 0 radical (unpaired) electrons. The molecule has 2 aliphatic heterocycles. The summed E-state index contributed by atoms with van der Waals surface area (Å²) >= 11 is 0. The summed E-state index contributed by atoms with van der Waals surface area (Å²) in [6.45, 7) is 5.86. The van der Waals surface area contributed by atoms with Crippen LogP contribution in [0, 0.1) is 10.8 Å². The van der Waals surface area contributed by atoms with E-state index in [1.165, 1.54) is 5.56 Å². The Kier molecular flexibility index (Phi) is 5.32. The lowest BCUT2D eigenvalue weighted by Gasteiger charge is -2.34. The summed E-state index contributed by atoms with van der Waals surface area (Å²) in [6.07, 6.45) is 10.7. The first-order valence-corrected chi connectivity index (χ1v) is 10.6. The van der Waals surface area contributed by atoms with Crippen LogP contribution in [0.25, 0.3) is 0 Å². The van der Waals surface area contributed by atoms with Crippen molar-refractivity contribution in [1.29, 1.82) is 10.8 Å². The Hall–Kier alpha value is -2.80. The van der Waals surface area contributed by atoms with Gasteiger partial charge in [-0.3, -0.25) is 20.6 Å². The average molecular weight is 407 g/mol. The van der Waals surface area contributed by atoms with Gasteiger partial charge >= 0.3 is 0 Å². The first-order valence-electron chi connectivity index (χ1n) is 10.6. The van der Waals surface area contributed by atoms with Gasteiger partial charge in [0.1, 0.15) is 17.4 Å². The molecule has 7 heteroatoms. The number of amidine groups is 2. The van der Waals surface area contributed by atoms with Crippen LogP contribution >= 0.6 is 0 Å². The van der Waals surface area contributed by atoms with Gasteiger partial charge < -0.3 is 15.1 Å². The molecule has 0 saturated carbocycles. The topological polar surface area (TPSA) is 96.2 Å². The van der Waals surface area contributed by atoms with Crippen LogP contribution in [-0.4, -0.2) is 57.5 Å². The highest BCUT2D eigenvalue weighted by atomic mass is 16.2. The van der Waals surface area contributed by atoms with Gasteiger partial charge in [0.2, 0.25) is 0 Å². The summed E-state index contributed by atoms with van der Waals surface area (Å²) in [7, 11) is 2.08. The lowest BCUT2D eigenvalue weighted by Crippen LogP contribution is -2.47. The zero-order valence-corrected chi connectivity index (χ0v) is 18.0. The van der Waals surface area contributed by atoms with Crippen molar-refractivity contribution in [2.45, 2.75) is 57.7 Å². The van der Waals surface area contributed by atoms with Crippen molar-refractivity contribution >= 4 is 17.6 Å². The van der Waals surface area contributed by atoms with Crippen molar-refractivity contribution < 1.29 is 4.79 Å². The van der Waals surface area contributed by atoms with Gasteiger partial charge in [0.15, 0.2) is 0 Å². The van der Waals surface area contributed by atoms with Gasteiger partial charge in [-0.15, -0.1) is 0 Å². The maximum atomic E-state index is 13.0. The number of fused-ring (bicyclic) bond motifs is 1. The number of nitrogens with zero attached hydrogens (tertiary/aromatic N) is 3.